The molecular formula is C26H42O9. The first-order valence-electron chi connectivity index (χ1n) is 11.0. The van der Waals surface area contributed by atoms with Gasteiger partial charge in [-0.25, -0.2) is 4.79 Å². The fourth-order valence-corrected chi connectivity index (χ4v) is 1.86. The van der Waals surface area contributed by atoms with Gasteiger partial charge in [-0.1, -0.05) is 12.1 Å². The van der Waals surface area contributed by atoms with Crippen molar-refractivity contribution in [1.29, 1.82) is 0 Å². The van der Waals surface area contributed by atoms with Crippen molar-refractivity contribution in [3.8, 4) is 0 Å². The van der Waals surface area contributed by atoms with E-state index < -0.39 is 5.97 Å². The minimum Gasteiger partial charge on any atom is -0.465 e. The lowest BCUT2D eigenvalue weighted by Gasteiger charge is -2.03. The largest absolute Gasteiger partial charge is 0.465 e. The van der Waals surface area contributed by atoms with Gasteiger partial charge in [-0.15, -0.1) is 0 Å². The summed E-state index contributed by atoms with van der Waals surface area (Å²) in [4.78, 5) is 52.6. The van der Waals surface area contributed by atoms with Crippen LogP contribution in [-0.4, -0.2) is 76.4 Å². The van der Waals surface area contributed by atoms with Gasteiger partial charge in [-0.3, -0.25) is 19.2 Å². The van der Waals surface area contributed by atoms with Crippen molar-refractivity contribution in [2.75, 3.05) is 35.0 Å². The Morgan fingerprint density at radius 2 is 1.23 bits per heavy atom. The van der Waals surface area contributed by atoms with Crippen molar-refractivity contribution in [3.63, 3.8) is 0 Å². The minimum absolute atomic E-state index is 0.0172. The Morgan fingerprint density at radius 3 is 1.43 bits per heavy atom. The van der Waals surface area contributed by atoms with E-state index >= 15 is 0 Å². The Bertz CT molecular complexity index is 755. The molecule has 0 saturated carbocycles. The molecule has 0 radical (unpaired) electrons. The van der Waals surface area contributed by atoms with Crippen LogP contribution in [0.4, 0.5) is 0 Å². The van der Waals surface area contributed by atoms with E-state index in [0.717, 1.165) is 0 Å². The highest BCUT2D eigenvalue weighted by molar-refractivity contribution is 5.96. The molecule has 1 rings (SSSR count). The van der Waals surface area contributed by atoms with Crippen LogP contribution in [0.2, 0.25) is 0 Å². The molecule has 1 aromatic rings. The normalized spacial score (nSPS) is 11.0. The first kappa shape index (κ1) is 36.8. The number of benzene rings is 1. The van der Waals surface area contributed by atoms with Crippen molar-refractivity contribution >= 4 is 29.1 Å². The Morgan fingerprint density at radius 1 is 0.743 bits per heavy atom. The molecule has 9 nitrogen and oxygen atoms in total. The molecule has 0 bridgehead atoms. The molecule has 0 fully saturated rings. The second-order valence-corrected chi connectivity index (χ2v) is 7.51. The molecular weight excluding hydrogens is 456 g/mol. The van der Waals surface area contributed by atoms with Crippen molar-refractivity contribution in [1.82, 2.24) is 0 Å². The highest BCUT2D eigenvalue weighted by Gasteiger charge is 2.05. The predicted molar refractivity (Wildman–Crippen MR) is 134 cm³/mol. The highest BCUT2D eigenvalue weighted by atomic mass is 16.5. The number of carbonyl (C=O) groups excluding carboxylic acids is 5. The van der Waals surface area contributed by atoms with Gasteiger partial charge in [0.15, 0.2) is 11.6 Å². The van der Waals surface area contributed by atoms with Crippen LogP contribution in [0.1, 0.15) is 75.1 Å². The third-order valence-electron chi connectivity index (χ3n) is 4.27. The van der Waals surface area contributed by atoms with Gasteiger partial charge in [0.25, 0.3) is 0 Å². The Kier molecular flexibility index (Phi) is 24.2. The van der Waals surface area contributed by atoms with Crippen LogP contribution in [0, 0.1) is 0 Å². The summed E-state index contributed by atoms with van der Waals surface area (Å²) in [6, 6.07) is 6.36. The summed E-state index contributed by atoms with van der Waals surface area (Å²) in [7, 11) is 6.03. The lowest BCUT2D eigenvalue weighted by Crippen LogP contribution is -2.14. The van der Waals surface area contributed by atoms with Crippen molar-refractivity contribution in [2.45, 2.75) is 66.6 Å². The molecule has 35 heavy (non-hydrogen) atoms. The number of carbonyl (C=O) groups is 5. The van der Waals surface area contributed by atoms with Gasteiger partial charge < -0.3 is 18.9 Å². The summed E-state index contributed by atoms with van der Waals surface area (Å²) in [6.07, 6.45) is 0.903. The summed E-state index contributed by atoms with van der Waals surface area (Å²) in [5, 5.41) is 0. The van der Waals surface area contributed by atoms with Crippen molar-refractivity contribution in [3.05, 3.63) is 35.4 Å². The summed E-state index contributed by atoms with van der Waals surface area (Å²) < 4.78 is 18.6. The molecule has 2 atom stereocenters. The average Bonchev–Trinajstić information content (AvgIpc) is 2.82. The number of ether oxygens (including phenoxy) is 4. The molecule has 0 amide bonds. The molecule has 0 aliphatic carbocycles. The standard InChI is InChI=1S/C10H10O3.C6H12O2.2C5H10O2/c1-7(11)8-3-5-9(6-4-8)10(12)13-2;1-5(7)4-6(2)8-3;1-5(6)3-4-7-2;1-4(6)5(2)7-3/h3-6H,1-2H3;6H,4H2,1-3H3;3-4H2,1-2H3;5H,1-3H3. The topological polar surface area (TPSA) is 122 Å². The molecule has 0 aliphatic rings. The number of esters is 1. The van der Waals surface area contributed by atoms with Gasteiger partial charge in [0.2, 0.25) is 0 Å². The number of Topliss-reactive ketones (excluding diaryl/α,β-unsaturated/α-hetero) is 4. The molecule has 0 saturated heterocycles. The lowest BCUT2D eigenvalue weighted by molar-refractivity contribution is -0.125. The smallest absolute Gasteiger partial charge is 0.337 e. The Hall–Kier alpha value is -2.75. The summed E-state index contributed by atoms with van der Waals surface area (Å²) in [6.45, 7) is 10.3. The second-order valence-electron chi connectivity index (χ2n) is 7.51. The first-order chi connectivity index (χ1) is 16.3. The fourth-order valence-electron chi connectivity index (χ4n) is 1.86. The number of hydrogen-bond acceptors (Lipinski definition) is 9. The minimum atomic E-state index is -0.393. The van der Waals surface area contributed by atoms with E-state index in [0.29, 0.717) is 30.6 Å². The van der Waals surface area contributed by atoms with E-state index in [4.69, 9.17) is 4.74 Å². The van der Waals surface area contributed by atoms with E-state index in [1.165, 1.54) is 28.1 Å². The number of hydrogen-bond donors (Lipinski definition) is 0. The van der Waals surface area contributed by atoms with Crippen molar-refractivity contribution < 1.29 is 42.9 Å². The maximum Gasteiger partial charge on any atom is 0.337 e. The number of methoxy groups -OCH3 is 4. The van der Waals surface area contributed by atoms with Crippen molar-refractivity contribution in [2.24, 2.45) is 0 Å². The monoisotopic (exact) mass is 498 g/mol. The van der Waals surface area contributed by atoms with Gasteiger partial charge in [-0.2, -0.15) is 0 Å². The van der Waals surface area contributed by atoms with E-state index in [1.54, 1.807) is 59.3 Å². The summed E-state index contributed by atoms with van der Waals surface area (Å²) in [5.41, 5.74) is 1.04. The van der Waals surface area contributed by atoms with Crippen LogP contribution in [0.25, 0.3) is 0 Å². The van der Waals surface area contributed by atoms with Gasteiger partial charge in [0, 0.05) is 39.7 Å². The second kappa shape index (κ2) is 23.0. The molecule has 2 unspecified atom stereocenters. The third kappa shape index (κ3) is 24.2. The zero-order valence-electron chi connectivity index (χ0n) is 22.8. The lowest BCUT2D eigenvalue weighted by atomic mass is 10.1. The first-order valence-corrected chi connectivity index (χ1v) is 11.0. The van der Waals surface area contributed by atoms with Gasteiger partial charge in [0.1, 0.15) is 17.7 Å². The van der Waals surface area contributed by atoms with Gasteiger partial charge in [-0.05, 0) is 53.7 Å². The number of ketones is 4. The zero-order valence-corrected chi connectivity index (χ0v) is 22.8. The predicted octanol–water partition coefficient (Wildman–Crippen LogP) is 3.90. The summed E-state index contributed by atoms with van der Waals surface area (Å²) >= 11 is 0. The van der Waals surface area contributed by atoms with Crippen LogP contribution < -0.4 is 0 Å². The summed E-state index contributed by atoms with van der Waals surface area (Å²) in [5.74, 6) is 0.0233. The maximum absolute atomic E-state index is 11.0. The van der Waals surface area contributed by atoms with Gasteiger partial charge >= 0.3 is 5.97 Å². The van der Waals surface area contributed by atoms with E-state index in [1.807, 2.05) is 6.92 Å². The van der Waals surface area contributed by atoms with E-state index in [2.05, 4.69) is 14.2 Å². The van der Waals surface area contributed by atoms with Crippen LogP contribution in [0.5, 0.6) is 0 Å². The zero-order chi connectivity index (χ0) is 28.0. The highest BCUT2D eigenvalue weighted by Crippen LogP contribution is 2.05. The van der Waals surface area contributed by atoms with Crippen LogP contribution in [0.3, 0.4) is 0 Å². The molecule has 9 heteroatoms. The van der Waals surface area contributed by atoms with E-state index in [-0.39, 0.29) is 35.3 Å². The molecule has 200 valence electrons. The van der Waals surface area contributed by atoms with Crippen LogP contribution in [-0.2, 0) is 33.3 Å². The Balaban J connectivity index is -0.000000409. The molecule has 1 aromatic carbocycles. The fraction of sp³-hybridized carbons (Fsp3) is 0.577. The molecule has 0 aromatic heterocycles. The number of rotatable bonds is 10. The van der Waals surface area contributed by atoms with E-state index in [9.17, 15) is 24.0 Å². The molecule has 0 N–H and O–H groups in total. The van der Waals surface area contributed by atoms with Crippen LogP contribution in [0.15, 0.2) is 24.3 Å². The van der Waals surface area contributed by atoms with Crippen LogP contribution >= 0.6 is 0 Å². The maximum atomic E-state index is 11.0. The average molecular weight is 499 g/mol. The molecule has 0 heterocycles. The quantitative estimate of drug-likeness (QED) is 0.349. The Labute approximate surface area is 209 Å². The molecule has 0 spiro atoms. The molecule has 0 aliphatic heterocycles. The third-order valence-corrected chi connectivity index (χ3v) is 4.27. The SMILES string of the molecule is COC(=O)c1ccc(C(C)=O)cc1.COC(C)C(C)=O.COC(C)CC(C)=O.COCCC(C)=O. The van der Waals surface area contributed by atoms with Gasteiger partial charge in [0.05, 0.1) is 25.4 Å².